The maximum absolute atomic E-state index is 12.5. The number of unbranched alkanes of at least 4 members (excludes halogenated alkanes) is 1. The lowest BCUT2D eigenvalue weighted by atomic mass is 10.1. The van der Waals surface area contributed by atoms with Gasteiger partial charge in [-0.05, 0) is 25.3 Å². The average Bonchev–Trinajstić information content (AvgIpc) is 2.69. The Morgan fingerprint density at radius 2 is 1.81 bits per heavy atom. The third kappa shape index (κ3) is 5.15. The number of nitrogens with one attached hydrogen (secondary N) is 1. The number of carbonyl (C=O) groups excluding carboxylic acids is 2. The molecule has 0 aliphatic heterocycles. The number of hydrogen-bond acceptors (Lipinski definition) is 5. The molecule has 0 fully saturated rings. The van der Waals surface area contributed by atoms with Crippen LogP contribution in [0.1, 0.15) is 56.9 Å². The van der Waals surface area contributed by atoms with Crippen molar-refractivity contribution in [1.82, 2.24) is 15.1 Å². The van der Waals surface area contributed by atoms with Gasteiger partial charge in [-0.1, -0.05) is 45.4 Å². The van der Waals surface area contributed by atoms with Crippen molar-refractivity contribution >= 4 is 22.6 Å². The highest BCUT2D eigenvalue weighted by Crippen LogP contribution is 2.14. The van der Waals surface area contributed by atoms with Crippen molar-refractivity contribution in [3.05, 3.63) is 40.3 Å². The van der Waals surface area contributed by atoms with Crippen LogP contribution in [0.15, 0.2) is 29.1 Å². The van der Waals surface area contributed by atoms with E-state index in [0.29, 0.717) is 17.3 Å². The van der Waals surface area contributed by atoms with Crippen molar-refractivity contribution in [2.75, 3.05) is 6.61 Å². The molecule has 7 nitrogen and oxygen atoms in total. The molecule has 0 radical (unpaired) electrons. The van der Waals surface area contributed by atoms with Crippen LogP contribution in [0.5, 0.6) is 0 Å². The van der Waals surface area contributed by atoms with Gasteiger partial charge in [0.15, 0.2) is 12.3 Å². The molecule has 0 aliphatic rings. The maximum Gasteiger partial charge on any atom is 0.359 e. The molecule has 0 atom stereocenters. The van der Waals surface area contributed by atoms with Crippen molar-refractivity contribution in [2.45, 2.75) is 59.0 Å². The van der Waals surface area contributed by atoms with Crippen molar-refractivity contribution < 1.29 is 14.3 Å². The van der Waals surface area contributed by atoms with Gasteiger partial charge in [0.2, 0.25) is 0 Å². The van der Waals surface area contributed by atoms with Crippen LogP contribution in [0, 0.1) is 0 Å². The highest BCUT2D eigenvalue weighted by Gasteiger charge is 2.19. The molecule has 0 saturated heterocycles. The van der Waals surface area contributed by atoms with E-state index in [1.165, 1.54) is 4.68 Å². The normalized spacial score (nSPS) is 11.0. The number of carbonyl (C=O) groups is 2. The van der Waals surface area contributed by atoms with E-state index < -0.39 is 5.97 Å². The Bertz CT molecular complexity index is 856. The predicted molar refractivity (Wildman–Crippen MR) is 104 cm³/mol. The Morgan fingerprint density at radius 1 is 1.15 bits per heavy atom. The number of amides is 1. The van der Waals surface area contributed by atoms with Gasteiger partial charge < -0.3 is 10.1 Å². The van der Waals surface area contributed by atoms with E-state index in [1.54, 1.807) is 24.3 Å². The minimum atomic E-state index is -0.712. The van der Waals surface area contributed by atoms with Gasteiger partial charge in [-0.3, -0.25) is 9.59 Å². The largest absolute Gasteiger partial charge is 0.451 e. The number of aryl methyl sites for hydroxylation is 1. The molecule has 0 saturated carbocycles. The maximum atomic E-state index is 12.5. The minimum absolute atomic E-state index is 0.0524. The number of benzene rings is 1. The van der Waals surface area contributed by atoms with Gasteiger partial charge in [-0.2, -0.15) is 5.10 Å². The third-order valence-corrected chi connectivity index (χ3v) is 4.47. The second-order valence-electron chi connectivity index (χ2n) is 6.43. The summed E-state index contributed by atoms with van der Waals surface area (Å²) in [5, 5.41) is 7.87. The fourth-order valence-corrected chi connectivity index (χ4v) is 2.81. The summed E-state index contributed by atoms with van der Waals surface area (Å²) in [5.41, 5.74) is -0.182. The summed E-state index contributed by atoms with van der Waals surface area (Å²) in [4.78, 5) is 37.1. The van der Waals surface area contributed by atoms with Crippen LogP contribution in [0.2, 0.25) is 0 Å². The second kappa shape index (κ2) is 9.85. The molecular formula is C20H27N3O4. The lowest BCUT2D eigenvalue weighted by Gasteiger charge is -2.15. The SMILES string of the molecule is CCCCn1nc(C(=O)OCC(=O)NC(CC)CC)c2ccccc2c1=O. The third-order valence-electron chi connectivity index (χ3n) is 4.47. The Balaban J connectivity index is 2.23. The summed E-state index contributed by atoms with van der Waals surface area (Å²) in [6.07, 6.45) is 3.30. The first-order valence-corrected chi connectivity index (χ1v) is 9.48. The average molecular weight is 373 g/mol. The standard InChI is InChI=1S/C20H27N3O4/c1-4-7-12-23-19(25)16-11-9-8-10-15(16)18(22-23)20(26)27-13-17(24)21-14(5-2)6-3/h8-11,14H,4-7,12-13H2,1-3H3,(H,21,24). The lowest BCUT2D eigenvalue weighted by molar-refractivity contribution is -0.125. The van der Waals surface area contributed by atoms with Crippen LogP contribution >= 0.6 is 0 Å². The van der Waals surface area contributed by atoms with Gasteiger partial charge in [-0.15, -0.1) is 0 Å². The van der Waals surface area contributed by atoms with E-state index in [2.05, 4.69) is 10.4 Å². The molecule has 0 spiro atoms. The molecule has 0 bridgehead atoms. The molecule has 2 rings (SSSR count). The quantitative estimate of drug-likeness (QED) is 0.683. The smallest absolute Gasteiger partial charge is 0.359 e. The van der Waals surface area contributed by atoms with Crippen molar-refractivity contribution in [1.29, 1.82) is 0 Å². The summed E-state index contributed by atoms with van der Waals surface area (Å²) < 4.78 is 6.46. The van der Waals surface area contributed by atoms with Crippen LogP contribution < -0.4 is 10.9 Å². The number of fused-ring (bicyclic) bond motifs is 1. The number of esters is 1. The van der Waals surface area contributed by atoms with Gasteiger partial charge in [0.1, 0.15) is 0 Å². The van der Waals surface area contributed by atoms with E-state index in [9.17, 15) is 14.4 Å². The summed E-state index contributed by atoms with van der Waals surface area (Å²) in [6, 6.07) is 6.86. The van der Waals surface area contributed by atoms with Crippen molar-refractivity contribution in [3.8, 4) is 0 Å². The molecule has 1 heterocycles. The molecule has 0 unspecified atom stereocenters. The van der Waals surface area contributed by atoms with Crippen molar-refractivity contribution in [3.63, 3.8) is 0 Å². The molecule has 1 N–H and O–H groups in total. The molecule has 7 heteroatoms. The van der Waals surface area contributed by atoms with Gasteiger partial charge in [-0.25, -0.2) is 9.48 Å². The van der Waals surface area contributed by atoms with E-state index in [0.717, 1.165) is 25.7 Å². The Kier molecular flexibility index (Phi) is 7.52. The first-order chi connectivity index (χ1) is 13.0. The topological polar surface area (TPSA) is 90.3 Å². The molecule has 1 aromatic heterocycles. The molecule has 1 amide bonds. The molecular weight excluding hydrogens is 346 g/mol. The zero-order valence-electron chi connectivity index (χ0n) is 16.2. The van der Waals surface area contributed by atoms with E-state index in [-0.39, 0.29) is 29.8 Å². The van der Waals surface area contributed by atoms with E-state index in [1.807, 2.05) is 20.8 Å². The van der Waals surface area contributed by atoms with Crippen LogP contribution in [0.3, 0.4) is 0 Å². The minimum Gasteiger partial charge on any atom is -0.451 e. The summed E-state index contributed by atoms with van der Waals surface area (Å²) >= 11 is 0. The van der Waals surface area contributed by atoms with Crippen LogP contribution in [-0.2, 0) is 16.1 Å². The van der Waals surface area contributed by atoms with Gasteiger partial charge in [0.05, 0.1) is 5.39 Å². The van der Waals surface area contributed by atoms with Crippen LogP contribution in [0.25, 0.3) is 10.8 Å². The number of hydrogen-bond donors (Lipinski definition) is 1. The van der Waals surface area contributed by atoms with Crippen LogP contribution in [0.4, 0.5) is 0 Å². The molecule has 27 heavy (non-hydrogen) atoms. The highest BCUT2D eigenvalue weighted by atomic mass is 16.5. The molecule has 2 aromatic rings. The summed E-state index contributed by atoms with van der Waals surface area (Å²) in [5.74, 6) is -1.06. The molecule has 1 aromatic carbocycles. The van der Waals surface area contributed by atoms with Crippen LogP contribution in [-0.4, -0.2) is 34.3 Å². The van der Waals surface area contributed by atoms with Gasteiger partial charge in [0.25, 0.3) is 11.5 Å². The predicted octanol–water partition coefficient (Wildman–Crippen LogP) is 2.66. The van der Waals surface area contributed by atoms with E-state index in [4.69, 9.17) is 4.74 Å². The van der Waals surface area contributed by atoms with Crippen molar-refractivity contribution in [2.24, 2.45) is 0 Å². The first-order valence-electron chi connectivity index (χ1n) is 9.48. The lowest BCUT2D eigenvalue weighted by Crippen LogP contribution is -2.37. The fraction of sp³-hybridized carbons (Fsp3) is 0.500. The Labute approximate surface area is 158 Å². The van der Waals surface area contributed by atoms with Gasteiger partial charge >= 0.3 is 5.97 Å². The number of ether oxygens (including phenoxy) is 1. The monoisotopic (exact) mass is 373 g/mol. The zero-order valence-corrected chi connectivity index (χ0v) is 16.2. The Morgan fingerprint density at radius 3 is 2.44 bits per heavy atom. The zero-order chi connectivity index (χ0) is 19.8. The van der Waals surface area contributed by atoms with E-state index >= 15 is 0 Å². The summed E-state index contributed by atoms with van der Waals surface area (Å²) in [6.45, 7) is 6.03. The highest BCUT2D eigenvalue weighted by molar-refractivity contribution is 6.02. The van der Waals surface area contributed by atoms with Gasteiger partial charge in [0, 0.05) is 18.0 Å². The second-order valence-corrected chi connectivity index (χ2v) is 6.43. The Hall–Kier alpha value is -2.70. The number of rotatable bonds is 9. The fourth-order valence-electron chi connectivity index (χ4n) is 2.81. The number of aromatic nitrogens is 2. The first kappa shape index (κ1) is 20.6. The number of nitrogens with zero attached hydrogens (tertiary/aromatic N) is 2. The summed E-state index contributed by atoms with van der Waals surface area (Å²) in [7, 11) is 0. The molecule has 146 valence electrons. The molecule has 0 aliphatic carbocycles.